The van der Waals surface area contributed by atoms with Crippen LogP contribution in [-0.2, 0) is 4.74 Å². The molecule has 2 N–H and O–H groups in total. The first kappa shape index (κ1) is 14.5. The zero-order valence-corrected chi connectivity index (χ0v) is 11.8. The summed E-state index contributed by atoms with van der Waals surface area (Å²) in [5, 5.41) is 6.56. The number of rotatable bonds is 6. The first-order valence-electron chi connectivity index (χ1n) is 7.05. The number of carbonyl (C=O) groups excluding carboxylic acids is 1. The summed E-state index contributed by atoms with van der Waals surface area (Å²) in [7, 11) is 0. The molecule has 1 aliphatic rings. The van der Waals surface area contributed by atoms with Crippen LogP contribution in [0.2, 0.25) is 0 Å². The molecule has 2 heterocycles. The van der Waals surface area contributed by atoms with Crippen LogP contribution in [0.1, 0.15) is 30.1 Å². The van der Waals surface area contributed by atoms with Gasteiger partial charge in [-0.1, -0.05) is 11.6 Å². The average Bonchev–Trinajstić information content (AvgIpc) is 2.49. The second kappa shape index (κ2) is 7.65. The summed E-state index contributed by atoms with van der Waals surface area (Å²) >= 11 is 0. The Morgan fingerprint density at radius 3 is 3.05 bits per heavy atom. The van der Waals surface area contributed by atoms with Gasteiger partial charge in [-0.2, -0.15) is 0 Å². The zero-order valence-electron chi connectivity index (χ0n) is 11.8. The summed E-state index contributed by atoms with van der Waals surface area (Å²) in [5.74, 6) is 0.457. The van der Waals surface area contributed by atoms with Crippen molar-refractivity contribution in [2.24, 2.45) is 0 Å². The Morgan fingerprint density at radius 1 is 1.50 bits per heavy atom. The minimum atomic E-state index is -0.327. The maximum Gasteiger partial charge on any atom is 0.339 e. The van der Waals surface area contributed by atoms with E-state index in [4.69, 9.17) is 4.74 Å². The molecule has 0 unspecified atom stereocenters. The molecule has 0 amide bonds. The number of ether oxygens (including phenoxy) is 1. The average molecular weight is 275 g/mol. The smallest absolute Gasteiger partial charge is 0.339 e. The lowest BCUT2D eigenvalue weighted by Gasteiger charge is -2.14. The van der Waals surface area contributed by atoms with Gasteiger partial charge in [-0.05, 0) is 38.4 Å². The van der Waals surface area contributed by atoms with Gasteiger partial charge in [-0.15, -0.1) is 0 Å². The number of aromatic nitrogens is 1. The van der Waals surface area contributed by atoms with Crippen molar-refractivity contribution in [3.8, 4) is 0 Å². The molecular formula is C15H21N3O2. The standard InChI is InChI=1S/C15H21N3O2/c1-2-20-15(19)13-3-4-14(18-11-13)17-10-7-12-5-8-16-9-6-12/h3-5,11,16H,2,6-10H2,1H3,(H,17,18). The number of nitrogens with zero attached hydrogens (tertiary/aromatic N) is 1. The number of hydrogen-bond donors (Lipinski definition) is 2. The highest BCUT2D eigenvalue weighted by Gasteiger charge is 2.06. The van der Waals surface area contributed by atoms with Gasteiger partial charge < -0.3 is 15.4 Å². The normalized spacial score (nSPS) is 14.6. The SMILES string of the molecule is CCOC(=O)c1ccc(NCCC2=CCNCC2)nc1. The summed E-state index contributed by atoms with van der Waals surface area (Å²) in [4.78, 5) is 15.7. The van der Waals surface area contributed by atoms with Crippen LogP contribution in [-0.4, -0.2) is 37.2 Å². The monoisotopic (exact) mass is 275 g/mol. The fourth-order valence-electron chi connectivity index (χ4n) is 2.08. The Bertz CT molecular complexity index is 469. The Balaban J connectivity index is 1.78. The predicted octanol–water partition coefficient (Wildman–Crippen LogP) is 1.98. The van der Waals surface area contributed by atoms with Crippen LogP contribution in [0.25, 0.3) is 0 Å². The summed E-state index contributed by atoms with van der Waals surface area (Å²) < 4.78 is 4.92. The van der Waals surface area contributed by atoms with Crippen LogP contribution in [0.3, 0.4) is 0 Å². The summed E-state index contributed by atoms with van der Waals surface area (Å²) in [6.45, 7) is 5.07. The molecule has 1 aromatic heterocycles. The van der Waals surface area contributed by atoms with Gasteiger partial charge in [-0.3, -0.25) is 0 Å². The van der Waals surface area contributed by atoms with Crippen molar-refractivity contribution in [2.75, 3.05) is 31.6 Å². The summed E-state index contributed by atoms with van der Waals surface area (Å²) in [6.07, 6.45) is 5.95. The predicted molar refractivity (Wildman–Crippen MR) is 78.9 cm³/mol. The summed E-state index contributed by atoms with van der Waals surface area (Å²) in [6, 6.07) is 3.54. The van der Waals surface area contributed by atoms with E-state index in [-0.39, 0.29) is 5.97 Å². The molecule has 1 aliphatic heterocycles. The van der Waals surface area contributed by atoms with Gasteiger partial charge >= 0.3 is 5.97 Å². The molecule has 0 radical (unpaired) electrons. The largest absolute Gasteiger partial charge is 0.462 e. The molecule has 0 aromatic carbocycles. The second-order valence-corrected chi connectivity index (χ2v) is 4.65. The number of pyridine rings is 1. The van der Waals surface area contributed by atoms with E-state index in [0.717, 1.165) is 38.3 Å². The Morgan fingerprint density at radius 2 is 2.40 bits per heavy atom. The fourth-order valence-corrected chi connectivity index (χ4v) is 2.08. The van der Waals surface area contributed by atoms with Gasteiger partial charge in [0.1, 0.15) is 5.82 Å². The fraction of sp³-hybridized carbons (Fsp3) is 0.467. The maximum absolute atomic E-state index is 11.5. The lowest BCUT2D eigenvalue weighted by Crippen LogP contribution is -2.21. The molecule has 0 fully saturated rings. The van der Waals surface area contributed by atoms with E-state index in [1.54, 1.807) is 19.2 Å². The van der Waals surface area contributed by atoms with E-state index < -0.39 is 0 Å². The van der Waals surface area contributed by atoms with E-state index in [1.807, 2.05) is 6.07 Å². The van der Waals surface area contributed by atoms with E-state index >= 15 is 0 Å². The molecule has 2 rings (SSSR count). The molecule has 0 bridgehead atoms. The van der Waals surface area contributed by atoms with Crippen molar-refractivity contribution < 1.29 is 9.53 Å². The third-order valence-electron chi connectivity index (χ3n) is 3.18. The third-order valence-corrected chi connectivity index (χ3v) is 3.18. The second-order valence-electron chi connectivity index (χ2n) is 4.65. The van der Waals surface area contributed by atoms with Crippen molar-refractivity contribution in [3.63, 3.8) is 0 Å². The lowest BCUT2D eigenvalue weighted by molar-refractivity contribution is 0.0526. The van der Waals surface area contributed by atoms with Crippen LogP contribution >= 0.6 is 0 Å². The van der Waals surface area contributed by atoms with E-state index in [2.05, 4.69) is 21.7 Å². The maximum atomic E-state index is 11.5. The molecule has 0 saturated heterocycles. The molecule has 0 spiro atoms. The van der Waals surface area contributed by atoms with Gasteiger partial charge in [0.05, 0.1) is 12.2 Å². The molecule has 1 aromatic rings. The van der Waals surface area contributed by atoms with Crippen LogP contribution in [0.15, 0.2) is 30.0 Å². The molecule has 5 heteroatoms. The summed E-state index contributed by atoms with van der Waals surface area (Å²) in [5.41, 5.74) is 1.97. The quantitative estimate of drug-likeness (QED) is 0.614. The van der Waals surface area contributed by atoms with Crippen molar-refractivity contribution in [3.05, 3.63) is 35.5 Å². The molecular weight excluding hydrogens is 254 g/mol. The van der Waals surface area contributed by atoms with Gasteiger partial charge in [0.2, 0.25) is 0 Å². The molecule has 5 nitrogen and oxygen atoms in total. The number of hydrogen-bond acceptors (Lipinski definition) is 5. The minimum Gasteiger partial charge on any atom is -0.462 e. The molecule has 108 valence electrons. The van der Waals surface area contributed by atoms with Crippen molar-refractivity contribution in [1.82, 2.24) is 10.3 Å². The van der Waals surface area contributed by atoms with Crippen molar-refractivity contribution >= 4 is 11.8 Å². The first-order chi connectivity index (χ1) is 9.79. The molecule has 0 aliphatic carbocycles. The number of carbonyl (C=O) groups is 1. The number of nitrogens with one attached hydrogen (secondary N) is 2. The van der Waals surface area contributed by atoms with E-state index in [0.29, 0.717) is 12.2 Å². The van der Waals surface area contributed by atoms with Gasteiger partial charge in [-0.25, -0.2) is 9.78 Å². The lowest BCUT2D eigenvalue weighted by atomic mass is 10.1. The number of esters is 1. The van der Waals surface area contributed by atoms with Crippen LogP contribution in [0, 0.1) is 0 Å². The van der Waals surface area contributed by atoms with Crippen LogP contribution in [0.4, 0.5) is 5.82 Å². The Labute approximate surface area is 119 Å². The van der Waals surface area contributed by atoms with E-state index in [1.165, 1.54) is 5.57 Å². The van der Waals surface area contributed by atoms with Crippen molar-refractivity contribution in [1.29, 1.82) is 0 Å². The van der Waals surface area contributed by atoms with Crippen molar-refractivity contribution in [2.45, 2.75) is 19.8 Å². The van der Waals surface area contributed by atoms with Crippen LogP contribution in [0.5, 0.6) is 0 Å². The zero-order chi connectivity index (χ0) is 14.2. The van der Waals surface area contributed by atoms with Gasteiger partial charge in [0.25, 0.3) is 0 Å². The topological polar surface area (TPSA) is 63.2 Å². The van der Waals surface area contributed by atoms with E-state index in [9.17, 15) is 4.79 Å². The first-order valence-corrected chi connectivity index (χ1v) is 7.05. The number of anilines is 1. The molecule has 0 atom stereocenters. The van der Waals surface area contributed by atoms with Crippen LogP contribution < -0.4 is 10.6 Å². The molecule has 20 heavy (non-hydrogen) atoms. The molecule has 0 saturated carbocycles. The third kappa shape index (κ3) is 4.35. The minimum absolute atomic E-state index is 0.327. The highest BCUT2D eigenvalue weighted by atomic mass is 16.5. The highest BCUT2D eigenvalue weighted by molar-refractivity contribution is 5.89. The van der Waals surface area contributed by atoms with Gasteiger partial charge in [0.15, 0.2) is 0 Å². The Kier molecular flexibility index (Phi) is 5.55. The Hall–Kier alpha value is -1.88. The highest BCUT2D eigenvalue weighted by Crippen LogP contribution is 2.11. The van der Waals surface area contributed by atoms with Gasteiger partial charge in [0, 0.05) is 19.3 Å².